The third-order valence-corrected chi connectivity index (χ3v) is 3.70. The zero-order valence-electron chi connectivity index (χ0n) is 12.4. The zero-order valence-corrected chi connectivity index (χ0v) is 13.9. The highest BCUT2D eigenvalue weighted by molar-refractivity contribution is 6.34. The van der Waals surface area contributed by atoms with Crippen LogP contribution < -0.4 is 10.2 Å². The Hall–Kier alpha value is -2.05. The molecule has 1 heterocycles. The summed E-state index contributed by atoms with van der Waals surface area (Å²) < 4.78 is 5.55. The monoisotopic (exact) mass is 356 g/mol. The van der Waals surface area contributed by atoms with E-state index in [9.17, 15) is 14.4 Å². The Kier molecular flexibility index (Phi) is 5.28. The van der Waals surface area contributed by atoms with Crippen molar-refractivity contribution >= 4 is 40.9 Å². The summed E-state index contributed by atoms with van der Waals surface area (Å²) in [6.45, 7) is 3.21. The lowest BCUT2D eigenvalue weighted by Crippen LogP contribution is -2.51. The summed E-state index contributed by atoms with van der Waals surface area (Å²) in [5.74, 6) is -1.56. The van der Waals surface area contributed by atoms with E-state index in [4.69, 9.17) is 27.9 Å². The van der Waals surface area contributed by atoms with Gasteiger partial charge in [-0.05, 0) is 25.5 Å². The molecule has 0 spiro atoms. The van der Waals surface area contributed by atoms with E-state index in [1.807, 2.05) is 0 Å². The molecule has 0 bridgehead atoms. The van der Waals surface area contributed by atoms with Gasteiger partial charge in [-0.1, -0.05) is 30.1 Å². The van der Waals surface area contributed by atoms with Gasteiger partial charge < -0.3 is 4.74 Å². The number of halogens is 2. The van der Waals surface area contributed by atoms with Crippen molar-refractivity contribution in [3.8, 4) is 5.75 Å². The number of carbonyl (C=O) groups excluding carboxylic acids is 3. The Morgan fingerprint density at radius 2 is 2.04 bits per heavy atom. The number of nitrogens with one attached hydrogen (secondary N) is 1. The summed E-state index contributed by atoms with van der Waals surface area (Å²) in [6.07, 6.45) is 0.516. The van der Waals surface area contributed by atoms with E-state index in [1.165, 1.54) is 13.0 Å². The van der Waals surface area contributed by atoms with Gasteiger partial charge in [0.05, 0.1) is 5.02 Å². The number of hydrazine groups is 1. The van der Waals surface area contributed by atoms with E-state index < -0.39 is 23.8 Å². The molecule has 2 rings (SSSR count). The zero-order chi connectivity index (χ0) is 17.1. The summed E-state index contributed by atoms with van der Waals surface area (Å²) in [7, 11) is 0. The van der Waals surface area contributed by atoms with E-state index in [-0.39, 0.29) is 11.3 Å². The molecule has 23 heavy (non-hydrogen) atoms. The van der Waals surface area contributed by atoms with Crippen molar-refractivity contribution in [2.75, 3.05) is 0 Å². The molecular weight excluding hydrogens is 343 g/mol. The van der Waals surface area contributed by atoms with Gasteiger partial charge in [-0.3, -0.25) is 19.8 Å². The molecule has 0 fully saturated rings. The molecule has 1 aromatic rings. The van der Waals surface area contributed by atoms with Crippen LogP contribution >= 0.6 is 23.2 Å². The van der Waals surface area contributed by atoms with Gasteiger partial charge in [0.25, 0.3) is 17.7 Å². The lowest BCUT2D eigenvalue weighted by Gasteiger charge is -2.21. The maximum atomic E-state index is 12.2. The van der Waals surface area contributed by atoms with Crippen molar-refractivity contribution in [2.45, 2.75) is 26.4 Å². The molecule has 8 heteroatoms. The van der Waals surface area contributed by atoms with E-state index in [1.54, 1.807) is 19.1 Å². The number of hydrogen-bond donors (Lipinski definition) is 1. The molecule has 122 valence electrons. The first-order valence-corrected chi connectivity index (χ1v) is 7.58. The number of ether oxygens (including phenoxy) is 1. The summed E-state index contributed by atoms with van der Waals surface area (Å²) in [6, 6.07) is 4.62. The second-order valence-electron chi connectivity index (χ2n) is 4.87. The minimum absolute atomic E-state index is 0.245. The molecule has 0 unspecified atom stereocenters. The lowest BCUT2D eigenvalue weighted by molar-refractivity contribution is -0.149. The third kappa shape index (κ3) is 3.83. The second-order valence-corrected chi connectivity index (χ2v) is 5.72. The number of nitrogens with zero attached hydrogens (tertiary/aromatic N) is 1. The van der Waals surface area contributed by atoms with Crippen molar-refractivity contribution in [1.29, 1.82) is 0 Å². The van der Waals surface area contributed by atoms with Crippen LogP contribution in [0.1, 0.15) is 20.3 Å². The topological polar surface area (TPSA) is 75.7 Å². The molecule has 0 saturated heterocycles. The van der Waals surface area contributed by atoms with Gasteiger partial charge in [0.2, 0.25) is 0 Å². The average Bonchev–Trinajstić information content (AvgIpc) is 2.74. The first-order valence-electron chi connectivity index (χ1n) is 6.82. The van der Waals surface area contributed by atoms with Crippen molar-refractivity contribution in [3.05, 3.63) is 39.9 Å². The van der Waals surface area contributed by atoms with Crippen LogP contribution in [0.4, 0.5) is 0 Å². The third-order valence-electron chi connectivity index (χ3n) is 3.15. The van der Waals surface area contributed by atoms with Gasteiger partial charge in [-0.15, -0.1) is 0 Å². The Labute approximate surface area is 143 Å². The Morgan fingerprint density at radius 3 is 2.61 bits per heavy atom. The van der Waals surface area contributed by atoms with E-state index >= 15 is 0 Å². The van der Waals surface area contributed by atoms with Crippen molar-refractivity contribution in [3.63, 3.8) is 0 Å². The van der Waals surface area contributed by atoms with Crippen LogP contribution in [-0.2, 0) is 14.4 Å². The van der Waals surface area contributed by atoms with E-state index in [0.29, 0.717) is 21.5 Å². The van der Waals surface area contributed by atoms with Crippen LogP contribution in [0.25, 0.3) is 0 Å². The van der Waals surface area contributed by atoms with Crippen LogP contribution in [0.5, 0.6) is 5.75 Å². The molecule has 1 aliphatic rings. The number of amides is 3. The highest BCUT2D eigenvalue weighted by Crippen LogP contribution is 2.29. The number of rotatable bonds is 5. The Bertz CT molecular complexity index is 703. The summed E-state index contributed by atoms with van der Waals surface area (Å²) in [4.78, 5) is 35.6. The fourth-order valence-corrected chi connectivity index (χ4v) is 2.24. The molecule has 0 radical (unpaired) electrons. The van der Waals surface area contributed by atoms with Crippen molar-refractivity contribution < 1.29 is 19.1 Å². The summed E-state index contributed by atoms with van der Waals surface area (Å²) >= 11 is 11.9. The number of benzene rings is 1. The minimum Gasteiger partial charge on any atom is -0.479 e. The van der Waals surface area contributed by atoms with Crippen LogP contribution in [0.15, 0.2) is 29.8 Å². The van der Waals surface area contributed by atoms with Gasteiger partial charge in [0, 0.05) is 22.7 Å². The number of carbonyl (C=O) groups is 3. The predicted molar refractivity (Wildman–Crippen MR) is 84.9 cm³/mol. The van der Waals surface area contributed by atoms with Crippen LogP contribution in [-0.4, -0.2) is 28.8 Å². The maximum Gasteiger partial charge on any atom is 0.280 e. The highest BCUT2D eigenvalue weighted by Gasteiger charge is 2.32. The number of hydrogen-bond acceptors (Lipinski definition) is 4. The Morgan fingerprint density at radius 1 is 1.35 bits per heavy atom. The highest BCUT2D eigenvalue weighted by atomic mass is 35.5. The van der Waals surface area contributed by atoms with Crippen LogP contribution in [0.3, 0.4) is 0 Å². The second kappa shape index (κ2) is 7.02. The standard InChI is InChI=1S/C15H14Cl2N2O4/c1-3-11(23-12-7-9(16)4-5-10(12)17)14(21)18-19-13(20)6-8(2)15(19)22/h4-7,11H,3H2,1-2H3,(H,18,21)/t11-/m1/s1. The molecule has 0 aromatic heterocycles. The molecule has 1 aliphatic heterocycles. The molecule has 3 amide bonds. The van der Waals surface area contributed by atoms with Gasteiger partial charge in [0.1, 0.15) is 5.75 Å². The summed E-state index contributed by atoms with van der Waals surface area (Å²) in [5, 5.41) is 1.36. The molecule has 6 nitrogen and oxygen atoms in total. The van der Waals surface area contributed by atoms with Gasteiger partial charge in [-0.2, -0.15) is 5.01 Å². The average molecular weight is 357 g/mol. The number of imide groups is 1. The Balaban J connectivity index is 2.09. The largest absolute Gasteiger partial charge is 0.479 e. The van der Waals surface area contributed by atoms with Crippen LogP contribution in [0.2, 0.25) is 10.0 Å². The molecule has 1 atom stereocenters. The fraction of sp³-hybridized carbons (Fsp3) is 0.267. The summed E-state index contributed by atoms with van der Waals surface area (Å²) in [5.41, 5.74) is 2.51. The molecule has 0 aliphatic carbocycles. The molecule has 0 saturated carbocycles. The lowest BCUT2D eigenvalue weighted by atomic mass is 10.2. The molecular formula is C15H14Cl2N2O4. The quantitative estimate of drug-likeness (QED) is 0.822. The first-order chi connectivity index (χ1) is 10.8. The van der Waals surface area contributed by atoms with E-state index in [0.717, 1.165) is 6.08 Å². The smallest absolute Gasteiger partial charge is 0.280 e. The van der Waals surface area contributed by atoms with Crippen molar-refractivity contribution in [2.24, 2.45) is 0 Å². The normalized spacial score (nSPS) is 15.5. The van der Waals surface area contributed by atoms with Crippen molar-refractivity contribution in [1.82, 2.24) is 10.4 Å². The van der Waals surface area contributed by atoms with Gasteiger partial charge in [-0.25, -0.2) is 0 Å². The minimum atomic E-state index is -0.938. The molecule has 1 N–H and O–H groups in total. The SMILES string of the molecule is CC[C@@H](Oc1cc(Cl)ccc1Cl)C(=O)NN1C(=O)C=C(C)C1=O. The first kappa shape index (κ1) is 17.3. The maximum absolute atomic E-state index is 12.2. The molecule has 1 aromatic carbocycles. The fourth-order valence-electron chi connectivity index (χ4n) is 1.92. The van der Waals surface area contributed by atoms with Crippen LogP contribution in [0, 0.1) is 0 Å². The predicted octanol–water partition coefficient (Wildman–Crippen LogP) is 2.50. The van der Waals surface area contributed by atoms with Gasteiger partial charge in [0.15, 0.2) is 6.10 Å². The van der Waals surface area contributed by atoms with E-state index in [2.05, 4.69) is 5.43 Å². The van der Waals surface area contributed by atoms with Gasteiger partial charge >= 0.3 is 0 Å².